The highest BCUT2D eigenvalue weighted by atomic mass is 16.5. The molecule has 4 aromatic rings. The van der Waals surface area contributed by atoms with Crippen molar-refractivity contribution in [3.05, 3.63) is 123 Å². The highest BCUT2D eigenvalue weighted by Gasteiger charge is 2.27. The van der Waals surface area contributed by atoms with Gasteiger partial charge in [0.25, 0.3) is 0 Å². The molecule has 0 bridgehead atoms. The zero-order valence-electron chi connectivity index (χ0n) is 22.3. The van der Waals surface area contributed by atoms with Crippen LogP contribution in [0.5, 0.6) is 17.2 Å². The Balaban J connectivity index is 2.00. The topological polar surface area (TPSA) is 27.7 Å². The van der Waals surface area contributed by atoms with Crippen molar-refractivity contribution < 1.29 is 14.2 Å². The molecular formula is C33H36O3. The van der Waals surface area contributed by atoms with Crippen LogP contribution in [0.3, 0.4) is 0 Å². The fourth-order valence-electron chi connectivity index (χ4n) is 5.07. The maximum atomic E-state index is 6.15. The number of methoxy groups -OCH3 is 3. The lowest BCUT2D eigenvalue weighted by atomic mass is 9.88. The van der Waals surface area contributed by atoms with Gasteiger partial charge in [0, 0.05) is 36.0 Å². The number of hydrogen-bond acceptors (Lipinski definition) is 3. The third-order valence-electron chi connectivity index (χ3n) is 7.14. The van der Waals surface area contributed by atoms with Gasteiger partial charge in [0.2, 0.25) is 0 Å². The molecule has 186 valence electrons. The molecule has 0 aliphatic rings. The van der Waals surface area contributed by atoms with Crippen LogP contribution in [0.25, 0.3) is 0 Å². The van der Waals surface area contributed by atoms with Gasteiger partial charge < -0.3 is 14.2 Å². The van der Waals surface area contributed by atoms with E-state index in [1.54, 1.807) is 21.3 Å². The van der Waals surface area contributed by atoms with E-state index in [0.717, 1.165) is 33.9 Å². The summed E-state index contributed by atoms with van der Waals surface area (Å²) in [6.07, 6.45) is 2.14. The van der Waals surface area contributed by atoms with Crippen LogP contribution < -0.4 is 14.2 Å². The van der Waals surface area contributed by atoms with Crippen LogP contribution in [-0.4, -0.2) is 21.3 Å². The maximum Gasteiger partial charge on any atom is 0.133 e. The molecule has 0 unspecified atom stereocenters. The quantitative estimate of drug-likeness (QED) is 0.250. The highest BCUT2D eigenvalue weighted by molar-refractivity contribution is 5.66. The lowest BCUT2D eigenvalue weighted by Gasteiger charge is -2.25. The van der Waals surface area contributed by atoms with Crippen molar-refractivity contribution in [2.45, 2.75) is 40.0 Å². The van der Waals surface area contributed by atoms with Crippen molar-refractivity contribution in [3.8, 4) is 17.2 Å². The standard InChI is InChI=1S/C33H36O3/c1-22-13-7-10-16-25(22)19-28-31(34-4)29(20-26-17-11-8-14-23(26)2)33(36-6)30(32(28)35-5)21-27-18-12-9-15-24(27)3/h7-18H,19-21H2,1-6H3. The van der Waals surface area contributed by atoms with Crippen LogP contribution in [0.1, 0.15) is 50.1 Å². The third kappa shape index (κ3) is 5.11. The van der Waals surface area contributed by atoms with Crippen molar-refractivity contribution in [2.75, 3.05) is 21.3 Å². The van der Waals surface area contributed by atoms with Gasteiger partial charge in [-0.1, -0.05) is 72.8 Å². The van der Waals surface area contributed by atoms with Crippen molar-refractivity contribution >= 4 is 0 Å². The fraction of sp³-hybridized carbons (Fsp3) is 0.273. The Bertz CT molecular complexity index is 1170. The summed E-state index contributed by atoms with van der Waals surface area (Å²) < 4.78 is 18.5. The van der Waals surface area contributed by atoms with Crippen LogP contribution in [0, 0.1) is 20.8 Å². The third-order valence-corrected chi connectivity index (χ3v) is 7.14. The first kappa shape index (κ1) is 25.4. The molecular weight excluding hydrogens is 444 g/mol. The highest BCUT2D eigenvalue weighted by Crippen LogP contribution is 2.47. The lowest BCUT2D eigenvalue weighted by Crippen LogP contribution is -2.10. The van der Waals surface area contributed by atoms with E-state index < -0.39 is 0 Å². The van der Waals surface area contributed by atoms with E-state index in [2.05, 4.69) is 93.6 Å². The van der Waals surface area contributed by atoms with Crippen LogP contribution in [0.2, 0.25) is 0 Å². The smallest absolute Gasteiger partial charge is 0.133 e. The molecule has 0 amide bonds. The SMILES string of the molecule is COc1c(Cc2ccccc2C)c(OC)c(Cc2ccccc2C)c(OC)c1Cc1ccccc1C. The second-order valence-electron chi connectivity index (χ2n) is 9.35. The molecule has 3 heteroatoms. The van der Waals surface area contributed by atoms with Gasteiger partial charge in [-0.2, -0.15) is 0 Å². The summed E-state index contributed by atoms with van der Waals surface area (Å²) >= 11 is 0. The van der Waals surface area contributed by atoms with E-state index in [4.69, 9.17) is 14.2 Å². The van der Waals surface area contributed by atoms with Gasteiger partial charge in [-0.3, -0.25) is 0 Å². The molecule has 4 aromatic carbocycles. The summed E-state index contributed by atoms with van der Waals surface area (Å²) in [6, 6.07) is 25.5. The van der Waals surface area contributed by atoms with Gasteiger partial charge in [0.1, 0.15) is 17.2 Å². The first-order chi connectivity index (χ1) is 17.5. The molecule has 0 radical (unpaired) electrons. The summed E-state index contributed by atoms with van der Waals surface area (Å²) in [6.45, 7) is 6.46. The zero-order valence-corrected chi connectivity index (χ0v) is 22.3. The number of aryl methyl sites for hydroxylation is 3. The van der Waals surface area contributed by atoms with E-state index >= 15 is 0 Å². The minimum Gasteiger partial charge on any atom is -0.496 e. The van der Waals surface area contributed by atoms with Gasteiger partial charge in [0.05, 0.1) is 21.3 Å². The number of hydrogen-bond donors (Lipinski definition) is 0. The first-order valence-electron chi connectivity index (χ1n) is 12.4. The summed E-state index contributed by atoms with van der Waals surface area (Å²) in [5, 5.41) is 0. The van der Waals surface area contributed by atoms with Crippen molar-refractivity contribution in [1.82, 2.24) is 0 Å². The molecule has 4 rings (SSSR count). The molecule has 3 nitrogen and oxygen atoms in total. The van der Waals surface area contributed by atoms with Crippen molar-refractivity contribution in [2.24, 2.45) is 0 Å². The summed E-state index contributed by atoms with van der Waals surface area (Å²) in [5.74, 6) is 2.51. The van der Waals surface area contributed by atoms with E-state index in [-0.39, 0.29) is 0 Å². The largest absolute Gasteiger partial charge is 0.496 e. The molecule has 0 atom stereocenters. The molecule has 0 saturated heterocycles. The van der Waals surface area contributed by atoms with Crippen LogP contribution >= 0.6 is 0 Å². The average Bonchev–Trinajstić information content (AvgIpc) is 2.88. The molecule has 36 heavy (non-hydrogen) atoms. The summed E-state index contributed by atoms with van der Waals surface area (Å²) in [4.78, 5) is 0. The monoisotopic (exact) mass is 480 g/mol. The molecule has 0 heterocycles. The van der Waals surface area contributed by atoms with E-state index in [1.165, 1.54) is 33.4 Å². The normalized spacial score (nSPS) is 10.8. The van der Waals surface area contributed by atoms with Crippen molar-refractivity contribution in [3.63, 3.8) is 0 Å². The van der Waals surface area contributed by atoms with E-state index in [9.17, 15) is 0 Å². The maximum absolute atomic E-state index is 6.15. The second kappa shape index (κ2) is 11.3. The number of benzene rings is 4. The Morgan fingerprint density at radius 2 is 0.667 bits per heavy atom. The van der Waals surface area contributed by atoms with Gasteiger partial charge in [0.15, 0.2) is 0 Å². The first-order valence-corrected chi connectivity index (χ1v) is 12.4. The second-order valence-corrected chi connectivity index (χ2v) is 9.35. The molecule has 0 N–H and O–H groups in total. The molecule has 0 aliphatic carbocycles. The Labute approximate surface area is 215 Å². The Morgan fingerprint density at radius 3 is 0.889 bits per heavy atom. The minimum atomic E-state index is 0.713. The molecule has 0 aliphatic heterocycles. The van der Waals surface area contributed by atoms with E-state index in [1.807, 2.05) is 0 Å². The fourth-order valence-corrected chi connectivity index (χ4v) is 5.07. The number of rotatable bonds is 9. The minimum absolute atomic E-state index is 0.713. The van der Waals surface area contributed by atoms with Gasteiger partial charge >= 0.3 is 0 Å². The molecule has 0 saturated carbocycles. The lowest BCUT2D eigenvalue weighted by molar-refractivity contribution is 0.359. The molecule has 0 spiro atoms. The Hall–Kier alpha value is -3.72. The zero-order chi connectivity index (χ0) is 25.7. The predicted molar refractivity (Wildman–Crippen MR) is 148 cm³/mol. The Morgan fingerprint density at radius 1 is 0.417 bits per heavy atom. The number of ether oxygens (including phenoxy) is 3. The summed E-state index contributed by atoms with van der Waals surface area (Å²) in [5.41, 5.74) is 10.7. The molecule has 0 fully saturated rings. The van der Waals surface area contributed by atoms with E-state index in [0.29, 0.717) is 19.3 Å². The Kier molecular flexibility index (Phi) is 8.00. The van der Waals surface area contributed by atoms with Gasteiger partial charge in [-0.15, -0.1) is 0 Å². The molecule has 0 aromatic heterocycles. The van der Waals surface area contributed by atoms with Crippen LogP contribution in [0.15, 0.2) is 72.8 Å². The van der Waals surface area contributed by atoms with Gasteiger partial charge in [-0.25, -0.2) is 0 Å². The van der Waals surface area contributed by atoms with Crippen LogP contribution in [-0.2, 0) is 19.3 Å². The van der Waals surface area contributed by atoms with Crippen LogP contribution in [0.4, 0.5) is 0 Å². The summed E-state index contributed by atoms with van der Waals surface area (Å²) in [7, 11) is 5.24. The van der Waals surface area contributed by atoms with Gasteiger partial charge in [-0.05, 0) is 54.2 Å². The average molecular weight is 481 g/mol. The predicted octanol–water partition coefficient (Wildman–Crippen LogP) is 7.41. The van der Waals surface area contributed by atoms with Crippen molar-refractivity contribution in [1.29, 1.82) is 0 Å².